The zero-order valence-corrected chi connectivity index (χ0v) is 19.0. The second kappa shape index (κ2) is 9.11. The number of benzene rings is 2. The average Bonchev–Trinajstić information content (AvgIpc) is 3.06. The van der Waals surface area contributed by atoms with Crippen LogP contribution in [-0.4, -0.2) is 46.5 Å². The van der Waals surface area contributed by atoms with Crippen molar-refractivity contribution in [1.29, 1.82) is 0 Å². The monoisotopic (exact) mass is 415 g/mol. The van der Waals surface area contributed by atoms with Crippen molar-refractivity contribution in [1.82, 2.24) is 14.4 Å². The first kappa shape index (κ1) is 21.4. The van der Waals surface area contributed by atoms with Gasteiger partial charge in [0.15, 0.2) is 0 Å². The van der Waals surface area contributed by atoms with Crippen molar-refractivity contribution in [2.45, 2.75) is 39.8 Å². The van der Waals surface area contributed by atoms with Crippen LogP contribution >= 0.6 is 0 Å². The maximum absolute atomic E-state index is 13.6. The lowest BCUT2D eigenvalue weighted by Crippen LogP contribution is -2.48. The van der Waals surface area contributed by atoms with Crippen LogP contribution in [0.2, 0.25) is 0 Å². The van der Waals surface area contributed by atoms with Gasteiger partial charge in [0.05, 0.1) is 0 Å². The number of rotatable bonds is 6. The topological polar surface area (TPSA) is 28.5 Å². The molecule has 0 spiro atoms. The molecular formula is C27H33N3O. The Labute approximate surface area is 185 Å². The van der Waals surface area contributed by atoms with Crippen LogP contribution < -0.4 is 0 Å². The van der Waals surface area contributed by atoms with E-state index in [0.29, 0.717) is 12.5 Å². The fourth-order valence-corrected chi connectivity index (χ4v) is 4.59. The van der Waals surface area contributed by atoms with E-state index in [1.165, 1.54) is 16.5 Å². The van der Waals surface area contributed by atoms with Crippen LogP contribution in [0.4, 0.5) is 0 Å². The van der Waals surface area contributed by atoms with E-state index in [0.717, 1.165) is 49.5 Å². The van der Waals surface area contributed by atoms with E-state index in [2.05, 4.69) is 85.3 Å². The number of carbonyl (C=O) groups excluding carboxylic acids is 1. The highest BCUT2D eigenvalue weighted by atomic mass is 16.2. The highest BCUT2D eigenvalue weighted by Crippen LogP contribution is 2.30. The van der Waals surface area contributed by atoms with Gasteiger partial charge < -0.3 is 9.47 Å². The minimum absolute atomic E-state index is 0.140. The number of amides is 1. The molecule has 2 aromatic carbocycles. The summed E-state index contributed by atoms with van der Waals surface area (Å²) in [5, 5.41) is 1.18. The zero-order chi connectivity index (χ0) is 22.0. The molecular weight excluding hydrogens is 382 g/mol. The summed E-state index contributed by atoms with van der Waals surface area (Å²) in [6, 6.07) is 17.2. The molecule has 1 aliphatic rings. The Morgan fingerprint density at radius 1 is 1.06 bits per heavy atom. The molecule has 4 heteroatoms. The Morgan fingerprint density at radius 2 is 1.77 bits per heavy atom. The highest BCUT2D eigenvalue weighted by Gasteiger charge is 2.27. The number of nitrogens with zero attached hydrogens (tertiary/aromatic N) is 3. The van der Waals surface area contributed by atoms with Gasteiger partial charge in [-0.1, -0.05) is 56.3 Å². The van der Waals surface area contributed by atoms with Gasteiger partial charge in [0.2, 0.25) is 0 Å². The van der Waals surface area contributed by atoms with Crippen molar-refractivity contribution >= 4 is 16.8 Å². The van der Waals surface area contributed by atoms with Crippen LogP contribution in [0.1, 0.15) is 46.9 Å². The molecule has 31 heavy (non-hydrogen) atoms. The molecule has 1 amide bonds. The number of piperazine rings is 1. The molecule has 1 aliphatic heterocycles. The number of allylic oxidation sites excluding steroid dienone is 1. The Morgan fingerprint density at radius 3 is 2.42 bits per heavy atom. The summed E-state index contributed by atoms with van der Waals surface area (Å²) in [6.45, 7) is 15.3. The summed E-state index contributed by atoms with van der Waals surface area (Å²) in [4.78, 5) is 18.1. The standard InChI is InChI=1S/C27H33N3O/c1-5-13-30-25-12-11-23(20(2)3)18-24(25)21(4)26(30)27(31)29-16-14-28(15-17-29)19-22-9-7-6-8-10-22/h5-12,18,20H,1,13-17,19H2,2-4H3. The van der Waals surface area contributed by atoms with Gasteiger partial charge in [0.1, 0.15) is 5.69 Å². The molecule has 0 saturated carbocycles. The Balaban J connectivity index is 1.56. The zero-order valence-electron chi connectivity index (χ0n) is 19.0. The van der Waals surface area contributed by atoms with Crippen LogP contribution in [0.5, 0.6) is 0 Å². The molecule has 4 nitrogen and oxygen atoms in total. The van der Waals surface area contributed by atoms with Crippen LogP contribution in [0.3, 0.4) is 0 Å². The second-order valence-corrected chi connectivity index (χ2v) is 8.86. The van der Waals surface area contributed by atoms with Gasteiger partial charge in [0, 0.05) is 50.2 Å². The predicted octanol–water partition coefficient (Wildman–Crippen LogP) is 5.22. The van der Waals surface area contributed by atoms with Gasteiger partial charge in [-0.3, -0.25) is 9.69 Å². The second-order valence-electron chi connectivity index (χ2n) is 8.86. The SMILES string of the molecule is C=CCn1c(C(=O)N2CCN(Cc3ccccc3)CC2)c(C)c2cc(C(C)C)ccc21. The van der Waals surface area contributed by atoms with Crippen LogP contribution in [-0.2, 0) is 13.1 Å². The first-order valence-electron chi connectivity index (χ1n) is 11.3. The highest BCUT2D eigenvalue weighted by molar-refractivity contribution is 6.02. The fraction of sp³-hybridized carbons (Fsp3) is 0.370. The molecule has 0 bridgehead atoms. The van der Waals surface area contributed by atoms with Gasteiger partial charge in [-0.05, 0) is 41.7 Å². The molecule has 4 rings (SSSR count). The lowest BCUT2D eigenvalue weighted by Gasteiger charge is -2.35. The third-order valence-electron chi connectivity index (χ3n) is 6.43. The van der Waals surface area contributed by atoms with Crippen molar-refractivity contribution in [3.8, 4) is 0 Å². The molecule has 0 unspecified atom stereocenters. The van der Waals surface area contributed by atoms with Crippen molar-refractivity contribution in [3.63, 3.8) is 0 Å². The predicted molar refractivity (Wildman–Crippen MR) is 129 cm³/mol. The molecule has 2 heterocycles. The summed E-state index contributed by atoms with van der Waals surface area (Å²) in [7, 11) is 0. The molecule has 3 aromatic rings. The average molecular weight is 416 g/mol. The number of hydrogen-bond donors (Lipinski definition) is 0. The Bertz CT molecular complexity index is 1070. The minimum atomic E-state index is 0.140. The number of fused-ring (bicyclic) bond motifs is 1. The van der Waals surface area contributed by atoms with E-state index in [-0.39, 0.29) is 5.91 Å². The number of aromatic nitrogens is 1. The Kier molecular flexibility index (Phi) is 6.28. The third-order valence-corrected chi connectivity index (χ3v) is 6.43. The van der Waals surface area contributed by atoms with Crippen LogP contribution in [0, 0.1) is 6.92 Å². The van der Waals surface area contributed by atoms with Crippen molar-refractivity contribution in [3.05, 3.63) is 83.6 Å². The lowest BCUT2D eigenvalue weighted by molar-refractivity contribution is 0.0618. The fourth-order valence-electron chi connectivity index (χ4n) is 4.59. The van der Waals surface area contributed by atoms with Crippen molar-refractivity contribution in [2.75, 3.05) is 26.2 Å². The first-order chi connectivity index (χ1) is 15.0. The summed E-state index contributed by atoms with van der Waals surface area (Å²) in [5.41, 5.74) is 5.64. The summed E-state index contributed by atoms with van der Waals surface area (Å²) in [6.07, 6.45) is 1.88. The number of carbonyl (C=O) groups is 1. The van der Waals surface area contributed by atoms with Gasteiger partial charge in [0.25, 0.3) is 5.91 Å². The van der Waals surface area contributed by atoms with E-state index in [4.69, 9.17) is 0 Å². The number of aryl methyl sites for hydroxylation is 1. The molecule has 1 fully saturated rings. The molecule has 162 valence electrons. The van der Waals surface area contributed by atoms with E-state index in [1.807, 2.05) is 11.0 Å². The van der Waals surface area contributed by atoms with Crippen LogP contribution in [0.15, 0.2) is 61.2 Å². The quantitative estimate of drug-likeness (QED) is 0.517. The molecule has 1 aromatic heterocycles. The van der Waals surface area contributed by atoms with E-state index in [9.17, 15) is 4.79 Å². The van der Waals surface area contributed by atoms with Crippen molar-refractivity contribution < 1.29 is 4.79 Å². The van der Waals surface area contributed by atoms with E-state index >= 15 is 0 Å². The summed E-state index contributed by atoms with van der Waals surface area (Å²) >= 11 is 0. The van der Waals surface area contributed by atoms with Crippen LogP contribution in [0.25, 0.3) is 10.9 Å². The van der Waals surface area contributed by atoms with Gasteiger partial charge in [-0.2, -0.15) is 0 Å². The molecule has 0 aliphatic carbocycles. The van der Waals surface area contributed by atoms with Gasteiger partial charge >= 0.3 is 0 Å². The van der Waals surface area contributed by atoms with Crippen molar-refractivity contribution in [2.24, 2.45) is 0 Å². The molecule has 0 N–H and O–H groups in total. The molecule has 0 radical (unpaired) electrons. The number of hydrogen-bond acceptors (Lipinski definition) is 2. The third kappa shape index (κ3) is 4.31. The lowest BCUT2D eigenvalue weighted by atomic mass is 10.0. The maximum atomic E-state index is 13.6. The maximum Gasteiger partial charge on any atom is 0.270 e. The summed E-state index contributed by atoms with van der Waals surface area (Å²) < 4.78 is 2.14. The van der Waals surface area contributed by atoms with Gasteiger partial charge in [-0.15, -0.1) is 6.58 Å². The molecule has 1 saturated heterocycles. The van der Waals surface area contributed by atoms with E-state index < -0.39 is 0 Å². The smallest absolute Gasteiger partial charge is 0.270 e. The first-order valence-corrected chi connectivity index (χ1v) is 11.3. The minimum Gasteiger partial charge on any atom is -0.335 e. The molecule has 0 atom stereocenters. The summed E-state index contributed by atoms with van der Waals surface area (Å²) in [5.74, 6) is 0.601. The normalized spacial score (nSPS) is 15.0. The Hall–Kier alpha value is -2.85. The largest absolute Gasteiger partial charge is 0.335 e. The van der Waals surface area contributed by atoms with Gasteiger partial charge in [-0.25, -0.2) is 0 Å². The van der Waals surface area contributed by atoms with E-state index in [1.54, 1.807) is 0 Å².